The maximum Gasteiger partial charge on any atom is 0.143 e. The summed E-state index contributed by atoms with van der Waals surface area (Å²) in [4.78, 5) is 17.2. The van der Waals surface area contributed by atoms with Crippen LogP contribution in [-0.2, 0) is 21.1 Å². The predicted molar refractivity (Wildman–Crippen MR) is 195 cm³/mol. The zero-order valence-corrected chi connectivity index (χ0v) is 28.3. The normalized spacial score (nSPS) is 14.1. The second kappa shape index (κ2) is 10.8. The number of hydrogen-bond acceptors (Lipinski definition) is 6. The van der Waals surface area contributed by atoms with Gasteiger partial charge in [-0.15, -0.1) is 41.4 Å². The van der Waals surface area contributed by atoms with Gasteiger partial charge in [0.05, 0.1) is 22.1 Å². The number of benzene rings is 4. The molecule has 0 atom stereocenters. The summed E-state index contributed by atoms with van der Waals surface area (Å²) in [6.07, 6.45) is 9.38. The van der Waals surface area contributed by atoms with Crippen LogP contribution in [-0.4, -0.2) is 30.7 Å². The summed E-state index contributed by atoms with van der Waals surface area (Å²) in [5.74, 6) is 0.960. The average molecular weight is 829 g/mol. The number of pyridine rings is 3. The Morgan fingerprint density at radius 2 is 1.46 bits per heavy atom. The van der Waals surface area contributed by atoms with Crippen molar-refractivity contribution >= 4 is 82.6 Å². The number of ether oxygens (including phenoxy) is 1. The van der Waals surface area contributed by atoms with Crippen LogP contribution in [0.5, 0.6) is 11.5 Å². The minimum atomic E-state index is -2.34. The Bertz CT molecular complexity index is 3120. The van der Waals surface area contributed by atoms with Crippen LogP contribution in [0.15, 0.2) is 122 Å². The van der Waals surface area contributed by atoms with Gasteiger partial charge in [0, 0.05) is 101 Å². The Balaban J connectivity index is 0.00000349. The number of anilines is 3. The van der Waals surface area contributed by atoms with Crippen molar-refractivity contribution < 1.29 is 29.9 Å². The number of fused-ring (bicyclic) bond motifs is 11. The maximum atomic E-state index is 8.07. The first-order valence-electron chi connectivity index (χ1n) is 17.3. The molecule has 7 heterocycles. The molecule has 0 radical (unpaired) electrons. The Kier molecular flexibility index (Phi) is 5.59. The molecule has 10 aromatic rings. The molecule has 8 nitrogen and oxygen atoms in total. The van der Waals surface area contributed by atoms with Gasteiger partial charge in [-0.1, -0.05) is 29.8 Å². The molecule has 242 valence electrons. The summed E-state index contributed by atoms with van der Waals surface area (Å²) in [5, 5.41) is 6.03. The van der Waals surface area contributed by atoms with Crippen molar-refractivity contribution in [2.24, 2.45) is 0 Å². The third kappa shape index (κ3) is 3.94. The second-order valence-electron chi connectivity index (χ2n) is 12.1. The number of nitrogens with zero attached hydrogens (tertiary/aromatic N) is 7. The van der Waals surface area contributed by atoms with Gasteiger partial charge in [-0.2, -0.15) is 18.8 Å². The SMILES string of the molecule is [2H]C([2H])([2H])N1[CH-]N(c2[c-]c(Oc3[c-]c4c(cc3)c3cccc5c3n4c3ncccc3c3cncc4c6cnccc6n5c43)ccc2)c2ccccc21.[Pt]. The smallest absolute Gasteiger partial charge is 0.143 e. The molecule has 11 rings (SSSR count). The Morgan fingerprint density at radius 3 is 2.38 bits per heavy atom. The van der Waals surface area contributed by atoms with Crippen molar-refractivity contribution in [3.8, 4) is 11.5 Å². The van der Waals surface area contributed by atoms with Gasteiger partial charge in [0.25, 0.3) is 0 Å². The maximum absolute atomic E-state index is 8.07. The summed E-state index contributed by atoms with van der Waals surface area (Å²) in [6.45, 7) is -0.756. The summed E-state index contributed by atoms with van der Waals surface area (Å²) < 4.78 is 35.2. The first kappa shape index (κ1) is 26.0. The first-order chi connectivity index (χ1) is 25.4. The summed E-state index contributed by atoms with van der Waals surface area (Å²) in [5.41, 5.74) is 7.67. The Morgan fingerprint density at radius 1 is 0.640 bits per heavy atom. The van der Waals surface area contributed by atoms with Gasteiger partial charge in [0.1, 0.15) is 5.65 Å². The second-order valence-corrected chi connectivity index (χ2v) is 12.1. The molecule has 0 unspecified atom stereocenters. The van der Waals surface area contributed by atoms with Gasteiger partial charge >= 0.3 is 0 Å². The van der Waals surface area contributed by atoms with Crippen molar-refractivity contribution in [3.63, 3.8) is 0 Å². The molecule has 0 bridgehead atoms. The average Bonchev–Trinajstić information content (AvgIpc) is 3.83. The quantitative estimate of drug-likeness (QED) is 0.166. The Hall–Kier alpha value is -5.98. The number of hydrogen-bond donors (Lipinski definition) is 0. The minimum Gasteiger partial charge on any atom is -0.509 e. The molecular formula is C41H24N7OPt-3. The van der Waals surface area contributed by atoms with Gasteiger partial charge in [0.2, 0.25) is 0 Å². The number of rotatable bonds is 3. The molecular weight excluding hydrogens is 802 g/mol. The van der Waals surface area contributed by atoms with Gasteiger partial charge in [-0.25, -0.2) is 4.98 Å². The summed E-state index contributed by atoms with van der Waals surface area (Å²) in [7, 11) is 0. The predicted octanol–water partition coefficient (Wildman–Crippen LogP) is 9.24. The van der Waals surface area contributed by atoms with Crippen LogP contribution >= 0.6 is 0 Å². The standard InChI is InChI=1S/C41H24N7O.Pt/c1-45-24-46(36-12-3-2-11-35(36)45)25-7-4-8-26(19-25)49-27-14-15-28-29-9-5-13-37-40(29)48(38(28)20-27)41-30(10-6-17-44-41)32-22-43-23-33-31-21-42-18-16-34(31)47(37)39(32)33;/h2-18,21-24H,1H3;/q-3;/i1D3;. The third-order valence-electron chi connectivity index (χ3n) is 9.51. The fraction of sp³-hybridized carbons (Fsp3) is 0.0244. The molecule has 0 N–H and O–H groups in total. The van der Waals surface area contributed by atoms with Gasteiger partial charge in [-0.05, 0) is 48.8 Å². The van der Waals surface area contributed by atoms with Gasteiger partial charge in [0.15, 0.2) is 0 Å². The van der Waals surface area contributed by atoms with Crippen LogP contribution in [0, 0.1) is 18.8 Å². The molecule has 0 aliphatic carbocycles. The van der Waals surface area contributed by atoms with E-state index >= 15 is 0 Å². The molecule has 4 aromatic carbocycles. The van der Waals surface area contributed by atoms with Gasteiger partial charge in [-0.3, -0.25) is 9.97 Å². The molecule has 0 saturated carbocycles. The van der Waals surface area contributed by atoms with Crippen LogP contribution in [0.4, 0.5) is 17.1 Å². The van der Waals surface area contributed by atoms with Crippen LogP contribution in [0.25, 0.3) is 65.5 Å². The van der Waals surface area contributed by atoms with E-state index in [0.29, 0.717) is 22.9 Å². The minimum absolute atomic E-state index is 0. The van der Waals surface area contributed by atoms with Gasteiger partial charge < -0.3 is 23.3 Å². The topological polar surface area (TPSA) is 63.2 Å². The molecule has 0 fully saturated rings. The van der Waals surface area contributed by atoms with E-state index in [-0.39, 0.29) is 21.1 Å². The molecule has 1 aliphatic rings. The molecule has 9 heteroatoms. The fourth-order valence-electron chi connectivity index (χ4n) is 7.50. The van der Waals surface area contributed by atoms with E-state index in [1.165, 1.54) is 4.90 Å². The zero-order chi connectivity index (χ0) is 34.7. The molecule has 0 spiro atoms. The summed E-state index contributed by atoms with van der Waals surface area (Å²) in [6, 6.07) is 36.4. The van der Waals surface area contributed by atoms with Crippen LogP contribution in [0.3, 0.4) is 0 Å². The van der Waals surface area contributed by atoms with Crippen LogP contribution in [0.1, 0.15) is 4.11 Å². The molecule has 50 heavy (non-hydrogen) atoms. The van der Waals surface area contributed by atoms with Crippen LogP contribution in [0.2, 0.25) is 0 Å². The van der Waals surface area contributed by atoms with E-state index in [4.69, 9.17) is 13.8 Å². The van der Waals surface area contributed by atoms with E-state index < -0.39 is 6.98 Å². The van der Waals surface area contributed by atoms with E-state index in [9.17, 15) is 0 Å². The van der Waals surface area contributed by atoms with Crippen molar-refractivity contribution in [1.82, 2.24) is 23.8 Å². The molecule has 1 aliphatic heterocycles. The van der Waals surface area contributed by atoms with Crippen molar-refractivity contribution in [2.75, 3.05) is 16.8 Å². The monoisotopic (exact) mass is 828 g/mol. The van der Waals surface area contributed by atoms with E-state index in [2.05, 4.69) is 67.3 Å². The first-order valence-corrected chi connectivity index (χ1v) is 15.8. The van der Waals surface area contributed by atoms with E-state index in [1.807, 2.05) is 84.4 Å². The van der Waals surface area contributed by atoms with Crippen molar-refractivity contribution in [1.29, 1.82) is 0 Å². The van der Waals surface area contributed by atoms with Crippen molar-refractivity contribution in [3.05, 3.63) is 141 Å². The van der Waals surface area contributed by atoms with Crippen LogP contribution < -0.4 is 14.5 Å². The summed E-state index contributed by atoms with van der Waals surface area (Å²) >= 11 is 0. The Labute approximate surface area is 304 Å². The van der Waals surface area contributed by atoms with E-state index in [0.717, 1.165) is 71.2 Å². The molecule has 0 saturated heterocycles. The fourth-order valence-corrected chi connectivity index (χ4v) is 7.50. The molecule has 6 aromatic heterocycles. The third-order valence-corrected chi connectivity index (χ3v) is 9.51. The largest absolute Gasteiger partial charge is 0.509 e. The van der Waals surface area contributed by atoms with Crippen molar-refractivity contribution in [2.45, 2.75) is 0 Å². The zero-order valence-electron chi connectivity index (χ0n) is 29.0. The number of aromatic nitrogens is 5. The number of para-hydroxylation sites is 3. The van der Waals surface area contributed by atoms with E-state index in [1.54, 1.807) is 12.7 Å². The molecule has 0 amide bonds.